The Balaban J connectivity index is 1.69. The van der Waals surface area contributed by atoms with Crippen LogP contribution >= 0.6 is 0 Å². The average Bonchev–Trinajstić information content (AvgIpc) is 2.43. The second-order valence-corrected chi connectivity index (χ2v) is 4.45. The topological polar surface area (TPSA) is 53.2 Å². The fourth-order valence-electron chi connectivity index (χ4n) is 1.94. The van der Waals surface area contributed by atoms with Crippen LogP contribution in [0.5, 0.6) is 0 Å². The molecule has 0 aromatic heterocycles. The summed E-state index contributed by atoms with van der Waals surface area (Å²) < 4.78 is 12.7. The molecule has 0 fully saturated rings. The standard InChI is InChI=1S/C14H18FN3O/c15-12-1-3-13(4-2-12)18-14(19)17-10-7-11-5-8-16-9-6-11/h1-5,16H,6-10H2,(H2,17,18,19). The van der Waals surface area contributed by atoms with Gasteiger partial charge in [0.2, 0.25) is 0 Å². The smallest absolute Gasteiger partial charge is 0.319 e. The highest BCUT2D eigenvalue weighted by Gasteiger charge is 2.04. The number of carbonyl (C=O) groups is 1. The Morgan fingerprint density at radius 3 is 2.79 bits per heavy atom. The number of urea groups is 1. The second-order valence-electron chi connectivity index (χ2n) is 4.45. The zero-order valence-electron chi connectivity index (χ0n) is 10.7. The minimum Gasteiger partial charge on any atom is -0.338 e. The van der Waals surface area contributed by atoms with Gasteiger partial charge in [-0.25, -0.2) is 9.18 Å². The summed E-state index contributed by atoms with van der Waals surface area (Å²) in [5.41, 5.74) is 1.96. The van der Waals surface area contributed by atoms with Gasteiger partial charge in [-0.2, -0.15) is 0 Å². The molecule has 0 saturated heterocycles. The predicted octanol–water partition coefficient (Wildman–Crippen LogP) is 2.26. The van der Waals surface area contributed by atoms with E-state index in [4.69, 9.17) is 0 Å². The highest BCUT2D eigenvalue weighted by atomic mass is 19.1. The van der Waals surface area contributed by atoms with Crippen LogP contribution in [0.3, 0.4) is 0 Å². The van der Waals surface area contributed by atoms with E-state index in [2.05, 4.69) is 22.0 Å². The van der Waals surface area contributed by atoms with Crippen LogP contribution in [0.1, 0.15) is 12.8 Å². The molecule has 0 bridgehead atoms. The molecule has 1 aromatic carbocycles. The van der Waals surface area contributed by atoms with Crippen molar-refractivity contribution in [2.45, 2.75) is 12.8 Å². The van der Waals surface area contributed by atoms with Crippen molar-refractivity contribution < 1.29 is 9.18 Å². The third-order valence-electron chi connectivity index (χ3n) is 2.99. The minimum atomic E-state index is -0.316. The molecule has 0 saturated carbocycles. The predicted molar refractivity (Wildman–Crippen MR) is 73.6 cm³/mol. The van der Waals surface area contributed by atoms with Crippen molar-refractivity contribution in [2.24, 2.45) is 0 Å². The van der Waals surface area contributed by atoms with Crippen LogP contribution in [0.4, 0.5) is 14.9 Å². The molecule has 0 radical (unpaired) electrons. The summed E-state index contributed by atoms with van der Waals surface area (Å²) in [6, 6.07) is 5.43. The molecule has 2 amide bonds. The molecule has 0 spiro atoms. The summed E-state index contributed by atoms with van der Waals surface area (Å²) in [5, 5.41) is 8.69. The van der Waals surface area contributed by atoms with E-state index in [0.717, 1.165) is 25.9 Å². The zero-order chi connectivity index (χ0) is 13.5. The van der Waals surface area contributed by atoms with E-state index in [1.807, 2.05) is 0 Å². The molecule has 4 nitrogen and oxygen atoms in total. The largest absolute Gasteiger partial charge is 0.338 e. The Morgan fingerprint density at radius 1 is 1.32 bits per heavy atom. The van der Waals surface area contributed by atoms with Crippen molar-refractivity contribution in [3.05, 3.63) is 41.7 Å². The number of hydrogen-bond donors (Lipinski definition) is 3. The lowest BCUT2D eigenvalue weighted by molar-refractivity contribution is 0.252. The third-order valence-corrected chi connectivity index (χ3v) is 2.99. The van der Waals surface area contributed by atoms with Gasteiger partial charge in [0.1, 0.15) is 5.82 Å². The van der Waals surface area contributed by atoms with Gasteiger partial charge in [0.15, 0.2) is 0 Å². The van der Waals surface area contributed by atoms with Gasteiger partial charge in [0.25, 0.3) is 0 Å². The molecule has 0 unspecified atom stereocenters. The fourth-order valence-corrected chi connectivity index (χ4v) is 1.94. The van der Waals surface area contributed by atoms with Crippen LogP contribution in [0.15, 0.2) is 35.9 Å². The number of rotatable bonds is 4. The van der Waals surface area contributed by atoms with E-state index in [1.54, 1.807) is 0 Å². The number of nitrogens with one attached hydrogen (secondary N) is 3. The van der Waals surface area contributed by atoms with Crippen molar-refractivity contribution >= 4 is 11.7 Å². The van der Waals surface area contributed by atoms with Crippen LogP contribution < -0.4 is 16.0 Å². The summed E-state index contributed by atoms with van der Waals surface area (Å²) >= 11 is 0. The van der Waals surface area contributed by atoms with Gasteiger partial charge in [-0.1, -0.05) is 11.6 Å². The molecule has 5 heteroatoms. The molecule has 0 aliphatic carbocycles. The van der Waals surface area contributed by atoms with Crippen molar-refractivity contribution in [3.8, 4) is 0 Å². The van der Waals surface area contributed by atoms with Gasteiger partial charge in [-0.05, 0) is 43.7 Å². The van der Waals surface area contributed by atoms with Crippen molar-refractivity contribution in [1.82, 2.24) is 10.6 Å². The monoisotopic (exact) mass is 263 g/mol. The second kappa shape index (κ2) is 6.89. The van der Waals surface area contributed by atoms with E-state index in [9.17, 15) is 9.18 Å². The van der Waals surface area contributed by atoms with Crippen LogP contribution in [-0.4, -0.2) is 25.7 Å². The summed E-state index contributed by atoms with van der Waals surface area (Å²) in [6.07, 6.45) is 4.09. The SMILES string of the molecule is O=C(NCCC1=CCNCC1)Nc1ccc(F)cc1. The zero-order valence-corrected chi connectivity index (χ0v) is 10.7. The number of halogens is 1. The first-order valence-electron chi connectivity index (χ1n) is 6.43. The van der Waals surface area contributed by atoms with Crippen LogP contribution in [0.2, 0.25) is 0 Å². The average molecular weight is 263 g/mol. The first-order chi connectivity index (χ1) is 9.24. The summed E-state index contributed by atoms with van der Waals surface area (Å²) in [4.78, 5) is 11.6. The molecule has 0 atom stereocenters. The first-order valence-corrected chi connectivity index (χ1v) is 6.43. The molecular weight excluding hydrogens is 245 g/mol. The molecule has 3 N–H and O–H groups in total. The molecule has 2 rings (SSSR count). The van der Waals surface area contributed by atoms with Crippen LogP contribution in [0, 0.1) is 5.82 Å². The molecule has 1 aromatic rings. The summed E-state index contributed by atoms with van der Waals surface area (Å²) in [7, 11) is 0. The van der Waals surface area contributed by atoms with Gasteiger partial charge < -0.3 is 16.0 Å². The van der Waals surface area contributed by atoms with Crippen molar-refractivity contribution in [2.75, 3.05) is 25.0 Å². The Morgan fingerprint density at radius 2 is 2.11 bits per heavy atom. The Bertz CT molecular complexity index is 456. The molecule has 1 aliphatic heterocycles. The maximum Gasteiger partial charge on any atom is 0.319 e. The molecule has 1 aliphatic rings. The van der Waals surface area contributed by atoms with E-state index >= 15 is 0 Å². The molecular formula is C14H18FN3O. The first kappa shape index (κ1) is 13.5. The number of benzene rings is 1. The fraction of sp³-hybridized carbons (Fsp3) is 0.357. The number of anilines is 1. The summed E-state index contributed by atoms with van der Waals surface area (Å²) in [5.74, 6) is -0.316. The lowest BCUT2D eigenvalue weighted by Crippen LogP contribution is -2.30. The van der Waals surface area contributed by atoms with E-state index < -0.39 is 0 Å². The molecule has 1 heterocycles. The highest BCUT2D eigenvalue weighted by Crippen LogP contribution is 2.09. The maximum absolute atomic E-state index is 12.7. The van der Waals surface area contributed by atoms with Gasteiger partial charge in [0.05, 0.1) is 0 Å². The summed E-state index contributed by atoms with van der Waals surface area (Å²) in [6.45, 7) is 2.53. The van der Waals surface area contributed by atoms with Crippen molar-refractivity contribution in [3.63, 3.8) is 0 Å². The third kappa shape index (κ3) is 4.71. The lowest BCUT2D eigenvalue weighted by Gasteiger charge is -2.14. The Kier molecular flexibility index (Phi) is 4.92. The van der Waals surface area contributed by atoms with Crippen molar-refractivity contribution in [1.29, 1.82) is 0 Å². The van der Waals surface area contributed by atoms with Gasteiger partial charge in [0, 0.05) is 18.8 Å². The molecule has 102 valence electrons. The van der Waals surface area contributed by atoms with Gasteiger partial charge in [-0.3, -0.25) is 0 Å². The number of amides is 2. The molecule has 19 heavy (non-hydrogen) atoms. The van der Waals surface area contributed by atoms with Crippen LogP contribution in [-0.2, 0) is 0 Å². The van der Waals surface area contributed by atoms with E-state index in [-0.39, 0.29) is 11.8 Å². The lowest BCUT2D eigenvalue weighted by atomic mass is 10.1. The van der Waals surface area contributed by atoms with Crippen LogP contribution in [0.25, 0.3) is 0 Å². The van der Waals surface area contributed by atoms with E-state index in [1.165, 1.54) is 29.8 Å². The minimum absolute atomic E-state index is 0.263. The quantitative estimate of drug-likeness (QED) is 0.730. The van der Waals surface area contributed by atoms with Gasteiger partial charge >= 0.3 is 6.03 Å². The number of carbonyl (C=O) groups excluding carboxylic acids is 1. The van der Waals surface area contributed by atoms with E-state index in [0.29, 0.717) is 12.2 Å². The van der Waals surface area contributed by atoms with Gasteiger partial charge in [-0.15, -0.1) is 0 Å². The highest BCUT2D eigenvalue weighted by molar-refractivity contribution is 5.89. The maximum atomic E-state index is 12.7. The Labute approximate surface area is 112 Å². The normalized spacial score (nSPS) is 14.7. The Hall–Kier alpha value is -1.88. The number of hydrogen-bond acceptors (Lipinski definition) is 2.